The Bertz CT molecular complexity index is 690. The lowest BCUT2D eigenvalue weighted by molar-refractivity contribution is -0.0229. The van der Waals surface area contributed by atoms with Crippen molar-refractivity contribution in [1.82, 2.24) is 9.97 Å². The van der Waals surface area contributed by atoms with E-state index in [2.05, 4.69) is 15.3 Å². The highest BCUT2D eigenvalue weighted by molar-refractivity contribution is 6.28. The lowest BCUT2D eigenvalue weighted by atomic mass is 10.0. The second-order valence-electron chi connectivity index (χ2n) is 5.90. The van der Waals surface area contributed by atoms with Gasteiger partial charge in [-0.1, -0.05) is 26.0 Å². The SMILES string of the molecule is CCc1cc(NC(CC)c2ccc(OCC(C)(F)F)cc2)nc(Cl)n1. The maximum absolute atomic E-state index is 12.8. The molecule has 1 N–H and O–H groups in total. The van der Waals surface area contributed by atoms with Crippen molar-refractivity contribution in [3.05, 3.63) is 46.9 Å². The first-order chi connectivity index (χ1) is 11.8. The van der Waals surface area contributed by atoms with Gasteiger partial charge in [0.1, 0.15) is 11.6 Å². The Balaban J connectivity index is 2.08. The maximum Gasteiger partial charge on any atom is 0.278 e. The molecular weight excluding hydrogens is 348 g/mol. The highest BCUT2D eigenvalue weighted by Crippen LogP contribution is 2.25. The van der Waals surface area contributed by atoms with Crippen molar-refractivity contribution >= 4 is 17.4 Å². The van der Waals surface area contributed by atoms with E-state index in [1.165, 1.54) is 0 Å². The number of ether oxygens (including phenoxy) is 1. The van der Waals surface area contributed by atoms with Gasteiger partial charge in [-0.3, -0.25) is 0 Å². The molecule has 0 aliphatic carbocycles. The summed E-state index contributed by atoms with van der Waals surface area (Å²) in [7, 11) is 0. The summed E-state index contributed by atoms with van der Waals surface area (Å²) in [5.74, 6) is -1.77. The first-order valence-corrected chi connectivity index (χ1v) is 8.59. The van der Waals surface area contributed by atoms with E-state index in [4.69, 9.17) is 16.3 Å². The lowest BCUT2D eigenvalue weighted by Crippen LogP contribution is -2.20. The summed E-state index contributed by atoms with van der Waals surface area (Å²) >= 11 is 5.95. The van der Waals surface area contributed by atoms with Crippen molar-refractivity contribution in [3.8, 4) is 5.75 Å². The maximum atomic E-state index is 12.8. The summed E-state index contributed by atoms with van der Waals surface area (Å²) in [6, 6.07) is 8.97. The topological polar surface area (TPSA) is 47.0 Å². The van der Waals surface area contributed by atoms with Crippen LogP contribution in [0.4, 0.5) is 14.6 Å². The van der Waals surface area contributed by atoms with Gasteiger partial charge in [0.05, 0.1) is 6.04 Å². The summed E-state index contributed by atoms with van der Waals surface area (Å²) in [6.07, 6.45) is 1.58. The molecule has 0 saturated heterocycles. The number of nitrogens with zero attached hydrogens (tertiary/aromatic N) is 2. The van der Waals surface area contributed by atoms with Gasteiger partial charge >= 0.3 is 0 Å². The summed E-state index contributed by atoms with van der Waals surface area (Å²) in [5.41, 5.74) is 1.87. The third kappa shape index (κ3) is 6.12. The molecule has 0 radical (unpaired) electrons. The third-order valence-corrected chi connectivity index (χ3v) is 3.79. The van der Waals surface area contributed by atoms with E-state index in [1.807, 2.05) is 32.0 Å². The van der Waals surface area contributed by atoms with E-state index >= 15 is 0 Å². The molecule has 1 atom stereocenters. The minimum atomic E-state index is -2.85. The molecule has 0 aliphatic rings. The number of nitrogens with one attached hydrogen (secondary N) is 1. The largest absolute Gasteiger partial charge is 0.487 e. The normalized spacial score (nSPS) is 12.7. The minimum Gasteiger partial charge on any atom is -0.487 e. The number of halogens is 3. The van der Waals surface area contributed by atoms with Crippen LogP contribution in [0.1, 0.15) is 44.5 Å². The molecule has 1 aromatic heterocycles. The second-order valence-corrected chi connectivity index (χ2v) is 6.24. The average Bonchev–Trinajstić information content (AvgIpc) is 2.57. The lowest BCUT2D eigenvalue weighted by Gasteiger charge is -2.19. The van der Waals surface area contributed by atoms with Gasteiger partial charge in [0.25, 0.3) is 5.92 Å². The number of alkyl halides is 2. The Morgan fingerprint density at radius 1 is 1.20 bits per heavy atom. The van der Waals surface area contributed by atoms with Crippen LogP contribution < -0.4 is 10.1 Å². The molecule has 25 heavy (non-hydrogen) atoms. The smallest absolute Gasteiger partial charge is 0.278 e. The molecule has 0 fully saturated rings. The predicted molar refractivity (Wildman–Crippen MR) is 95.6 cm³/mol. The molecule has 1 unspecified atom stereocenters. The monoisotopic (exact) mass is 369 g/mol. The average molecular weight is 370 g/mol. The van der Waals surface area contributed by atoms with E-state index < -0.39 is 12.5 Å². The second kappa shape index (κ2) is 8.43. The van der Waals surface area contributed by atoms with E-state index in [0.29, 0.717) is 11.6 Å². The van der Waals surface area contributed by atoms with Crippen LogP contribution in [0.15, 0.2) is 30.3 Å². The van der Waals surface area contributed by atoms with Crippen molar-refractivity contribution in [3.63, 3.8) is 0 Å². The third-order valence-electron chi connectivity index (χ3n) is 3.62. The van der Waals surface area contributed by atoms with Crippen LogP contribution in [-0.4, -0.2) is 22.5 Å². The molecule has 136 valence electrons. The fourth-order valence-electron chi connectivity index (χ4n) is 2.33. The minimum absolute atomic E-state index is 0.0114. The molecule has 0 bridgehead atoms. The summed E-state index contributed by atoms with van der Waals surface area (Å²) in [4.78, 5) is 8.35. The number of rotatable bonds is 8. The van der Waals surface area contributed by atoms with E-state index in [1.54, 1.807) is 12.1 Å². The molecule has 0 aliphatic heterocycles. The van der Waals surface area contributed by atoms with Crippen molar-refractivity contribution < 1.29 is 13.5 Å². The number of aromatic nitrogens is 2. The molecule has 0 spiro atoms. The number of hydrogen-bond donors (Lipinski definition) is 1. The summed E-state index contributed by atoms with van der Waals surface area (Å²) in [5, 5.41) is 3.55. The standard InChI is InChI=1S/C18H22ClF2N3O/c1-4-13-10-16(24-17(19)22-13)23-15(5-2)12-6-8-14(9-7-12)25-11-18(3,20)21/h6-10,15H,4-5,11H2,1-3H3,(H,22,23,24). The van der Waals surface area contributed by atoms with Crippen molar-refractivity contribution in [2.24, 2.45) is 0 Å². The van der Waals surface area contributed by atoms with Gasteiger partial charge in [0.15, 0.2) is 6.61 Å². The fraction of sp³-hybridized carbons (Fsp3) is 0.444. The first-order valence-electron chi connectivity index (χ1n) is 8.21. The molecule has 2 aromatic rings. The van der Waals surface area contributed by atoms with Crippen molar-refractivity contribution in [2.45, 2.75) is 45.6 Å². The molecule has 0 amide bonds. The van der Waals surface area contributed by atoms with E-state index in [0.717, 1.165) is 31.0 Å². The quantitative estimate of drug-likeness (QED) is 0.642. The Hall–Kier alpha value is -1.95. The van der Waals surface area contributed by atoms with Gasteiger partial charge < -0.3 is 10.1 Å². The van der Waals surface area contributed by atoms with Gasteiger partial charge in [-0.25, -0.2) is 18.7 Å². The highest BCUT2D eigenvalue weighted by atomic mass is 35.5. The van der Waals surface area contributed by atoms with Crippen LogP contribution in [0.25, 0.3) is 0 Å². The van der Waals surface area contributed by atoms with Crippen LogP contribution in [0, 0.1) is 0 Å². The molecule has 0 saturated carbocycles. The van der Waals surface area contributed by atoms with Crippen LogP contribution in [0.5, 0.6) is 5.75 Å². The molecule has 1 heterocycles. The molecular formula is C18H22ClF2N3O. The van der Waals surface area contributed by atoms with Gasteiger partial charge in [-0.2, -0.15) is 0 Å². The molecule has 1 aromatic carbocycles. The Morgan fingerprint density at radius 3 is 2.44 bits per heavy atom. The summed E-state index contributed by atoms with van der Waals surface area (Å²) < 4.78 is 30.8. The molecule has 2 rings (SSSR count). The van der Waals surface area contributed by atoms with Crippen molar-refractivity contribution in [2.75, 3.05) is 11.9 Å². The molecule has 7 heteroatoms. The van der Waals surface area contributed by atoms with Crippen LogP contribution >= 0.6 is 11.6 Å². The predicted octanol–water partition coefficient (Wildman–Crippen LogP) is 5.29. The van der Waals surface area contributed by atoms with Crippen LogP contribution in [-0.2, 0) is 6.42 Å². The van der Waals surface area contributed by atoms with Crippen LogP contribution in [0.3, 0.4) is 0 Å². The number of hydrogen-bond acceptors (Lipinski definition) is 4. The van der Waals surface area contributed by atoms with Gasteiger partial charge in [0, 0.05) is 18.7 Å². The Labute approximate surface area is 151 Å². The van der Waals surface area contributed by atoms with Gasteiger partial charge in [-0.05, 0) is 42.1 Å². The zero-order chi connectivity index (χ0) is 18.4. The van der Waals surface area contributed by atoms with Gasteiger partial charge in [0.2, 0.25) is 5.28 Å². The first kappa shape index (κ1) is 19.4. The van der Waals surface area contributed by atoms with E-state index in [-0.39, 0.29) is 11.3 Å². The Morgan fingerprint density at radius 2 is 1.88 bits per heavy atom. The van der Waals surface area contributed by atoms with Crippen LogP contribution in [0.2, 0.25) is 5.28 Å². The number of aryl methyl sites for hydroxylation is 1. The molecule has 4 nitrogen and oxygen atoms in total. The summed E-state index contributed by atoms with van der Waals surface area (Å²) in [6.45, 7) is 4.23. The fourth-order valence-corrected chi connectivity index (χ4v) is 2.53. The zero-order valence-corrected chi connectivity index (χ0v) is 15.3. The van der Waals surface area contributed by atoms with Crippen molar-refractivity contribution in [1.29, 1.82) is 0 Å². The zero-order valence-electron chi connectivity index (χ0n) is 14.5. The van der Waals surface area contributed by atoms with Gasteiger partial charge in [-0.15, -0.1) is 0 Å². The number of anilines is 1. The highest BCUT2D eigenvalue weighted by Gasteiger charge is 2.22. The van der Waals surface area contributed by atoms with E-state index in [9.17, 15) is 8.78 Å². The Kier molecular flexibility index (Phi) is 6.53. The number of benzene rings is 1.